The van der Waals surface area contributed by atoms with Crippen LogP contribution in [-0.2, 0) is 0 Å². The Morgan fingerprint density at radius 2 is 1.92 bits per heavy atom. The largest absolute Gasteiger partial charge is 0.492 e. The molecule has 0 spiro atoms. The fourth-order valence-corrected chi connectivity index (χ4v) is 2.41. The number of carbonyl (C=O) groups excluding carboxylic acids is 1. The summed E-state index contributed by atoms with van der Waals surface area (Å²) < 4.78 is 24.2. The van der Waals surface area contributed by atoms with E-state index in [1.54, 1.807) is 0 Å². The molecule has 130 valence electrons. The molecule has 0 unspecified atom stereocenters. The smallest absolute Gasteiger partial charge is 0.371 e. The number of fused-ring (bicyclic) bond motifs is 1. The first-order chi connectivity index (χ1) is 11.8. The van der Waals surface area contributed by atoms with Crippen LogP contribution in [0.1, 0.15) is 10.4 Å². The van der Waals surface area contributed by atoms with Gasteiger partial charge in [-0.1, -0.05) is 11.6 Å². The van der Waals surface area contributed by atoms with Gasteiger partial charge >= 0.3 is 11.6 Å². The first-order valence-corrected chi connectivity index (χ1v) is 7.03. The van der Waals surface area contributed by atoms with Gasteiger partial charge in [0.15, 0.2) is 11.3 Å². The van der Waals surface area contributed by atoms with Crippen LogP contribution in [0.25, 0.3) is 11.0 Å². The third-order valence-electron chi connectivity index (χ3n) is 3.27. The third kappa shape index (κ3) is 2.74. The van der Waals surface area contributed by atoms with Gasteiger partial charge in [0.2, 0.25) is 17.6 Å². The number of rotatable bonds is 3. The van der Waals surface area contributed by atoms with Gasteiger partial charge in [-0.3, -0.25) is 0 Å². The summed E-state index contributed by atoms with van der Waals surface area (Å²) in [6.07, 6.45) is 0. The summed E-state index contributed by atoms with van der Waals surface area (Å²) in [7, 11) is 1.19. The molecule has 25 heavy (non-hydrogen) atoms. The minimum Gasteiger partial charge on any atom is -0.492 e. The van der Waals surface area contributed by atoms with Crippen LogP contribution in [-0.4, -0.2) is 28.0 Å². The number of aromatic nitrogens is 1. The van der Waals surface area contributed by atoms with E-state index in [0.717, 1.165) is 18.2 Å². The van der Waals surface area contributed by atoms with Gasteiger partial charge in [-0.05, 0) is 12.1 Å². The maximum absolute atomic E-state index is 14.2. The highest BCUT2D eigenvalue weighted by Gasteiger charge is 2.22. The highest BCUT2D eigenvalue weighted by Crippen LogP contribution is 2.33. The van der Waals surface area contributed by atoms with Gasteiger partial charge in [-0.15, -0.1) is 4.73 Å². The highest BCUT2D eigenvalue weighted by molar-refractivity contribution is 6.32. The Labute approximate surface area is 143 Å². The summed E-state index contributed by atoms with van der Waals surface area (Å²) >= 11 is 5.87. The minimum absolute atomic E-state index is 0.0100. The molecule has 0 saturated carbocycles. The molecule has 2 aromatic heterocycles. The van der Waals surface area contributed by atoms with Crippen molar-refractivity contribution in [3.63, 3.8) is 0 Å². The number of halogens is 2. The van der Waals surface area contributed by atoms with Gasteiger partial charge in [0.1, 0.15) is 5.56 Å². The van der Waals surface area contributed by atoms with Crippen molar-refractivity contribution in [3.05, 3.63) is 51.1 Å². The number of hydrogen-bond acceptors (Lipinski definition) is 7. The first-order valence-electron chi connectivity index (χ1n) is 6.65. The van der Waals surface area contributed by atoms with Crippen molar-refractivity contribution in [2.45, 2.75) is 0 Å². The molecule has 0 aliphatic carbocycles. The van der Waals surface area contributed by atoms with Crippen LogP contribution in [0.5, 0.6) is 17.5 Å². The van der Waals surface area contributed by atoms with E-state index in [1.165, 1.54) is 13.2 Å². The van der Waals surface area contributed by atoms with Crippen LogP contribution >= 0.6 is 11.6 Å². The molecule has 0 fully saturated rings. The van der Waals surface area contributed by atoms with Crippen molar-refractivity contribution in [2.75, 3.05) is 7.11 Å². The van der Waals surface area contributed by atoms with Crippen molar-refractivity contribution in [2.24, 2.45) is 0 Å². The fraction of sp³-hybridized carbons (Fsp3) is 0.0667. The molecule has 3 aromatic rings. The van der Waals surface area contributed by atoms with E-state index in [-0.39, 0.29) is 16.2 Å². The van der Waals surface area contributed by atoms with Gasteiger partial charge in [-0.25, -0.2) is 9.59 Å². The van der Waals surface area contributed by atoms with Crippen molar-refractivity contribution >= 4 is 28.5 Å². The lowest BCUT2D eigenvalue weighted by Gasteiger charge is -2.09. The predicted octanol–water partition coefficient (Wildman–Crippen LogP) is 2.08. The zero-order valence-electron chi connectivity index (χ0n) is 12.4. The van der Waals surface area contributed by atoms with Crippen molar-refractivity contribution in [1.82, 2.24) is 4.73 Å². The molecule has 2 heterocycles. The lowest BCUT2D eigenvalue weighted by atomic mass is 10.1. The Bertz CT molecular complexity index is 1040. The second-order valence-electron chi connectivity index (χ2n) is 4.79. The minimum atomic E-state index is -1.25. The topological polar surface area (TPSA) is 111 Å². The predicted molar refractivity (Wildman–Crippen MR) is 82.7 cm³/mol. The van der Waals surface area contributed by atoms with Gasteiger partial charge in [-0.2, -0.15) is 4.39 Å². The monoisotopic (exact) mass is 369 g/mol. The van der Waals surface area contributed by atoms with Crippen molar-refractivity contribution in [1.29, 1.82) is 0 Å². The van der Waals surface area contributed by atoms with E-state index in [1.807, 2.05) is 0 Å². The Hall–Kier alpha value is -3.20. The highest BCUT2D eigenvalue weighted by atomic mass is 35.5. The van der Waals surface area contributed by atoms with Gasteiger partial charge in [0.25, 0.3) is 0 Å². The maximum Gasteiger partial charge on any atom is 0.371 e. The molecule has 0 saturated heterocycles. The van der Waals surface area contributed by atoms with E-state index in [0.29, 0.717) is 4.73 Å². The molecule has 0 atom stereocenters. The fourth-order valence-electron chi connectivity index (χ4n) is 2.13. The van der Waals surface area contributed by atoms with Crippen molar-refractivity contribution in [3.8, 4) is 17.5 Å². The average molecular weight is 370 g/mol. The number of ether oxygens (including phenoxy) is 1. The van der Waals surface area contributed by atoms with Crippen LogP contribution in [0.4, 0.5) is 4.39 Å². The Morgan fingerprint density at radius 1 is 1.28 bits per heavy atom. The van der Waals surface area contributed by atoms with Crippen LogP contribution < -0.4 is 15.2 Å². The lowest BCUT2D eigenvalue weighted by molar-refractivity contribution is 0.0377. The molecule has 10 heteroatoms. The standard InChI is InChI=1S/C15H9ClFNO7/c1-23-13-8(16)5-6-4-7(14(21)24-12(6)11(13)17)15(22)25-18-9(19)2-3-10(18)20/h2-5,19-20H,1H3. The van der Waals surface area contributed by atoms with Crippen LogP contribution in [0, 0.1) is 5.82 Å². The second-order valence-corrected chi connectivity index (χ2v) is 5.20. The molecule has 1 aromatic carbocycles. The van der Waals surface area contributed by atoms with Crippen molar-refractivity contribution < 1.29 is 33.4 Å². The molecule has 0 bridgehead atoms. The number of methoxy groups -OCH3 is 1. The molecule has 0 amide bonds. The summed E-state index contributed by atoms with van der Waals surface area (Å²) in [5.74, 6) is -3.70. The van der Waals surface area contributed by atoms with Gasteiger partial charge < -0.3 is 24.2 Å². The Morgan fingerprint density at radius 3 is 2.52 bits per heavy atom. The van der Waals surface area contributed by atoms with E-state index in [9.17, 15) is 24.2 Å². The summed E-state index contributed by atoms with van der Waals surface area (Å²) in [4.78, 5) is 28.8. The summed E-state index contributed by atoms with van der Waals surface area (Å²) in [5, 5.41) is 18.8. The molecule has 0 radical (unpaired) electrons. The van der Waals surface area contributed by atoms with Crippen LogP contribution in [0.3, 0.4) is 0 Å². The quantitative estimate of drug-likeness (QED) is 0.680. The zero-order chi connectivity index (χ0) is 18.3. The Kier molecular flexibility index (Phi) is 4.01. The second kappa shape index (κ2) is 6.02. The summed E-state index contributed by atoms with van der Waals surface area (Å²) in [6, 6.07) is 4.37. The molecule has 3 rings (SSSR count). The van der Waals surface area contributed by atoms with Gasteiger partial charge in [0.05, 0.1) is 12.1 Å². The van der Waals surface area contributed by atoms with Crippen LogP contribution in [0.2, 0.25) is 5.02 Å². The number of aromatic hydroxyl groups is 2. The number of nitrogens with zero attached hydrogens (tertiary/aromatic N) is 1. The lowest BCUT2D eigenvalue weighted by Crippen LogP contribution is -2.24. The summed E-state index contributed by atoms with van der Waals surface area (Å²) in [6.45, 7) is 0. The van der Waals surface area contributed by atoms with E-state index < -0.39 is 40.3 Å². The summed E-state index contributed by atoms with van der Waals surface area (Å²) in [5.41, 5.74) is -2.23. The molecule has 0 aliphatic heterocycles. The Balaban J connectivity index is 2.10. The normalized spacial score (nSPS) is 10.8. The number of hydrogen-bond donors (Lipinski definition) is 2. The molecular formula is C15H9ClFNO7. The maximum atomic E-state index is 14.2. The molecule has 2 N–H and O–H groups in total. The van der Waals surface area contributed by atoms with Crippen LogP contribution in [0.15, 0.2) is 33.5 Å². The third-order valence-corrected chi connectivity index (χ3v) is 3.55. The molecule has 8 nitrogen and oxygen atoms in total. The van der Waals surface area contributed by atoms with E-state index >= 15 is 0 Å². The number of benzene rings is 1. The van der Waals surface area contributed by atoms with E-state index in [2.05, 4.69) is 0 Å². The SMILES string of the molecule is COc1c(Cl)cc2cc(C(=O)On3c(O)ccc3O)c(=O)oc2c1F. The average Bonchev–Trinajstić information content (AvgIpc) is 2.87. The number of carbonyl (C=O) groups is 1. The molecule has 0 aliphatic rings. The molecular weight excluding hydrogens is 361 g/mol. The van der Waals surface area contributed by atoms with Gasteiger partial charge in [0, 0.05) is 17.5 Å². The first kappa shape index (κ1) is 16.7. The zero-order valence-corrected chi connectivity index (χ0v) is 13.2. The van der Waals surface area contributed by atoms with E-state index in [4.69, 9.17) is 25.6 Å².